The Morgan fingerprint density at radius 2 is 1.59 bits per heavy atom. The molecule has 14 heteroatoms. The normalized spacial score (nSPS) is 14.1. The van der Waals surface area contributed by atoms with Gasteiger partial charge in [0.1, 0.15) is 34.1 Å². The average molecular weight is 779 g/mol. The van der Waals surface area contributed by atoms with E-state index in [4.69, 9.17) is 9.47 Å². The SMILES string of the molecule is COc1cc(Nc2cc(Oc3ccc(NC(=O)Nc4cc(NS(C)=O)cc(C(C)(C)C)c4)c4ccccc34)ccn2)ccc1C(=O)NCCN1CCN(C)CC1. The van der Waals surface area contributed by atoms with Gasteiger partial charge in [-0.15, -0.1) is 0 Å². The van der Waals surface area contributed by atoms with Crippen LogP contribution in [0, 0.1) is 0 Å². The summed E-state index contributed by atoms with van der Waals surface area (Å²) in [5, 5.41) is 13.8. The lowest BCUT2D eigenvalue weighted by atomic mass is 9.86. The topological polar surface area (TPSA) is 149 Å². The van der Waals surface area contributed by atoms with Crippen LogP contribution in [0.25, 0.3) is 10.8 Å². The predicted molar refractivity (Wildman–Crippen MR) is 226 cm³/mol. The summed E-state index contributed by atoms with van der Waals surface area (Å²) < 4.78 is 26.8. The second-order valence-corrected chi connectivity index (χ2v) is 15.9. The molecule has 0 aliphatic carbocycles. The highest BCUT2D eigenvalue weighted by Crippen LogP contribution is 2.36. The zero-order valence-corrected chi connectivity index (χ0v) is 33.5. The van der Waals surface area contributed by atoms with Crippen molar-refractivity contribution in [1.82, 2.24) is 20.1 Å². The van der Waals surface area contributed by atoms with E-state index < -0.39 is 17.0 Å². The van der Waals surface area contributed by atoms with Crippen molar-refractivity contribution < 1.29 is 23.3 Å². The van der Waals surface area contributed by atoms with Gasteiger partial charge < -0.3 is 40.4 Å². The fourth-order valence-corrected chi connectivity index (χ4v) is 6.83. The van der Waals surface area contributed by atoms with E-state index in [9.17, 15) is 13.8 Å². The fourth-order valence-electron chi connectivity index (χ4n) is 6.38. The standard InChI is InChI=1S/C42H50N8O5S/c1-42(2,3)28-23-30(25-31(24-28)48-56(6)53)46-41(52)47-36-13-14-37(34-10-8-7-9-33(34)36)55-32-15-16-43-39(27-32)45-29-11-12-35(38(26-29)54-5)40(51)44-17-18-50-21-19-49(4)20-22-50/h7-16,23-27,48H,17-22H2,1-6H3,(H,43,45)(H,44,51)(H2,46,47,52). The molecule has 6 rings (SSSR count). The molecule has 1 aromatic heterocycles. The van der Waals surface area contributed by atoms with Crippen LogP contribution in [0.15, 0.2) is 91.1 Å². The number of anilines is 5. The summed E-state index contributed by atoms with van der Waals surface area (Å²) in [5.74, 6) is 1.93. The number of fused-ring (bicyclic) bond motifs is 1. The minimum atomic E-state index is -1.27. The number of nitrogens with one attached hydrogen (secondary N) is 5. The van der Waals surface area contributed by atoms with Gasteiger partial charge in [0.05, 0.1) is 18.4 Å². The average Bonchev–Trinajstić information content (AvgIpc) is 3.16. The van der Waals surface area contributed by atoms with E-state index in [2.05, 4.69) is 68.6 Å². The molecular weight excluding hydrogens is 729 g/mol. The van der Waals surface area contributed by atoms with Gasteiger partial charge in [-0.25, -0.2) is 14.0 Å². The Hall–Kier alpha value is -5.70. The number of methoxy groups -OCH3 is 1. The third-order valence-corrected chi connectivity index (χ3v) is 9.96. The first kappa shape index (κ1) is 40.0. The molecule has 1 aliphatic heterocycles. The summed E-state index contributed by atoms with van der Waals surface area (Å²) in [6.45, 7) is 11.7. The molecule has 56 heavy (non-hydrogen) atoms. The number of hydrogen-bond donors (Lipinski definition) is 5. The molecule has 0 spiro atoms. The van der Waals surface area contributed by atoms with Gasteiger partial charge in [0.15, 0.2) is 0 Å². The Bertz CT molecular complexity index is 2220. The maximum atomic E-state index is 13.3. The summed E-state index contributed by atoms with van der Waals surface area (Å²) in [6.07, 6.45) is 3.21. The van der Waals surface area contributed by atoms with E-state index in [1.807, 2.05) is 48.5 Å². The molecule has 3 amide bonds. The molecule has 0 radical (unpaired) electrons. The van der Waals surface area contributed by atoms with Gasteiger partial charge in [-0.1, -0.05) is 45.0 Å². The first-order chi connectivity index (χ1) is 26.8. The number of nitrogens with zero attached hydrogens (tertiary/aromatic N) is 3. The van der Waals surface area contributed by atoms with Crippen LogP contribution in [0.5, 0.6) is 17.2 Å². The highest BCUT2D eigenvalue weighted by atomic mass is 32.2. The van der Waals surface area contributed by atoms with E-state index in [0.29, 0.717) is 57.9 Å². The Kier molecular flexibility index (Phi) is 12.7. The number of pyridine rings is 1. The monoisotopic (exact) mass is 778 g/mol. The van der Waals surface area contributed by atoms with Crippen molar-refractivity contribution in [2.75, 3.05) is 80.4 Å². The number of piperazine rings is 1. The maximum absolute atomic E-state index is 13.3. The van der Waals surface area contributed by atoms with Gasteiger partial charge in [-0.05, 0) is 66.6 Å². The number of likely N-dealkylation sites (N-methyl/N-ethyl adjacent to an activating group) is 1. The Morgan fingerprint density at radius 1 is 0.839 bits per heavy atom. The lowest BCUT2D eigenvalue weighted by molar-refractivity contribution is 0.0938. The van der Waals surface area contributed by atoms with Crippen molar-refractivity contribution >= 4 is 62.3 Å². The van der Waals surface area contributed by atoms with E-state index in [1.165, 1.54) is 0 Å². The van der Waals surface area contributed by atoms with Crippen molar-refractivity contribution in [2.24, 2.45) is 0 Å². The molecule has 5 aromatic rings. The van der Waals surface area contributed by atoms with E-state index >= 15 is 0 Å². The number of benzene rings is 4. The first-order valence-electron chi connectivity index (χ1n) is 18.5. The molecule has 13 nitrogen and oxygen atoms in total. The quantitative estimate of drug-likeness (QED) is 0.0825. The van der Waals surface area contributed by atoms with Crippen LogP contribution in [0.3, 0.4) is 0 Å². The number of aromatic nitrogens is 1. The Morgan fingerprint density at radius 3 is 2.32 bits per heavy atom. The number of ether oxygens (including phenoxy) is 2. The zero-order valence-electron chi connectivity index (χ0n) is 32.7. The van der Waals surface area contributed by atoms with Gasteiger partial charge in [0, 0.05) is 91.7 Å². The van der Waals surface area contributed by atoms with Crippen molar-refractivity contribution in [2.45, 2.75) is 26.2 Å². The Balaban J connectivity index is 1.11. The van der Waals surface area contributed by atoms with E-state index in [1.54, 1.807) is 56.0 Å². The molecule has 0 bridgehead atoms. The largest absolute Gasteiger partial charge is 0.496 e. The molecule has 1 aliphatic rings. The van der Waals surface area contributed by atoms with Crippen LogP contribution in [0.1, 0.15) is 36.7 Å². The maximum Gasteiger partial charge on any atom is 0.323 e. The van der Waals surface area contributed by atoms with Gasteiger partial charge >= 0.3 is 6.03 Å². The molecule has 4 aromatic carbocycles. The van der Waals surface area contributed by atoms with Crippen molar-refractivity contribution in [3.63, 3.8) is 0 Å². The van der Waals surface area contributed by atoms with Gasteiger partial charge in [0.25, 0.3) is 5.91 Å². The van der Waals surface area contributed by atoms with Crippen LogP contribution in [-0.4, -0.2) is 90.6 Å². The lowest BCUT2D eigenvalue weighted by Crippen LogP contribution is -2.46. The van der Waals surface area contributed by atoms with Crippen LogP contribution < -0.4 is 35.5 Å². The predicted octanol–water partition coefficient (Wildman–Crippen LogP) is 7.40. The smallest absolute Gasteiger partial charge is 0.323 e. The summed E-state index contributed by atoms with van der Waals surface area (Å²) in [6, 6.07) is 25.3. The van der Waals surface area contributed by atoms with Crippen LogP contribution in [0.2, 0.25) is 0 Å². The molecule has 1 fully saturated rings. The highest BCUT2D eigenvalue weighted by molar-refractivity contribution is 7.85. The van der Waals surface area contributed by atoms with Gasteiger partial charge in [-0.2, -0.15) is 0 Å². The molecule has 1 atom stereocenters. The molecule has 1 unspecified atom stereocenters. The number of rotatable bonds is 13. The number of carbonyl (C=O) groups is 2. The summed E-state index contributed by atoms with van der Waals surface area (Å²) >= 11 is 0. The second-order valence-electron chi connectivity index (χ2n) is 14.8. The molecule has 294 valence electrons. The van der Waals surface area contributed by atoms with E-state index in [-0.39, 0.29) is 11.3 Å². The van der Waals surface area contributed by atoms with E-state index in [0.717, 1.165) is 49.1 Å². The van der Waals surface area contributed by atoms with Gasteiger partial charge in [0.2, 0.25) is 0 Å². The number of hydrogen-bond acceptors (Lipinski definition) is 9. The zero-order chi connectivity index (χ0) is 39.8. The third kappa shape index (κ3) is 10.5. The number of amides is 3. The van der Waals surface area contributed by atoms with Crippen LogP contribution >= 0.6 is 0 Å². The fraction of sp³-hybridized carbons (Fsp3) is 0.310. The minimum Gasteiger partial charge on any atom is -0.496 e. The minimum absolute atomic E-state index is 0.186. The van der Waals surface area contributed by atoms with Crippen molar-refractivity contribution in [1.29, 1.82) is 0 Å². The lowest BCUT2D eigenvalue weighted by Gasteiger charge is -2.32. The van der Waals surface area contributed by atoms with Crippen molar-refractivity contribution in [3.05, 3.63) is 102 Å². The summed E-state index contributed by atoms with van der Waals surface area (Å²) in [4.78, 5) is 35.5. The van der Waals surface area contributed by atoms with Crippen LogP contribution in [0.4, 0.5) is 33.4 Å². The van der Waals surface area contributed by atoms with Crippen LogP contribution in [-0.2, 0) is 16.4 Å². The number of carbonyl (C=O) groups excluding carboxylic acids is 2. The summed E-state index contributed by atoms with van der Waals surface area (Å²) in [5.41, 5.74) is 3.76. The highest BCUT2D eigenvalue weighted by Gasteiger charge is 2.19. The first-order valence-corrected chi connectivity index (χ1v) is 20.0. The molecule has 2 heterocycles. The summed E-state index contributed by atoms with van der Waals surface area (Å²) in [7, 11) is 2.40. The Labute approximate surface area is 330 Å². The molecule has 0 saturated carbocycles. The molecule has 1 saturated heterocycles. The third-order valence-electron chi connectivity index (χ3n) is 9.44. The molecular formula is C42H50N8O5S. The number of urea groups is 1. The van der Waals surface area contributed by atoms with Gasteiger partial charge in [-0.3, -0.25) is 9.69 Å². The molecule has 5 N–H and O–H groups in total. The van der Waals surface area contributed by atoms with Crippen molar-refractivity contribution in [3.8, 4) is 17.2 Å². The second kappa shape index (κ2) is 17.8.